The molecule has 1 aromatic heterocycles. The highest BCUT2D eigenvalue weighted by atomic mass is 32.2. The molecule has 8 heteroatoms. The Balaban J connectivity index is 2.42. The number of ether oxygens (including phenoxy) is 1. The van der Waals surface area contributed by atoms with Gasteiger partial charge in [-0.25, -0.2) is 8.42 Å². The first-order valence-electron chi connectivity index (χ1n) is 8.88. The normalized spacial score (nSPS) is 11.6. The zero-order chi connectivity index (χ0) is 20.0. The molecule has 27 heavy (non-hydrogen) atoms. The summed E-state index contributed by atoms with van der Waals surface area (Å²) in [7, 11) is -2.32. The summed E-state index contributed by atoms with van der Waals surface area (Å²) < 4.78 is 32.5. The highest BCUT2D eigenvalue weighted by Gasteiger charge is 2.27. The van der Waals surface area contributed by atoms with Crippen molar-refractivity contribution < 1.29 is 17.9 Å². The smallest absolute Gasteiger partial charge is 0.254 e. The van der Waals surface area contributed by atoms with E-state index in [1.165, 1.54) is 17.5 Å². The van der Waals surface area contributed by atoms with E-state index >= 15 is 0 Å². The van der Waals surface area contributed by atoms with Gasteiger partial charge in [0.1, 0.15) is 10.6 Å². The van der Waals surface area contributed by atoms with Crippen LogP contribution in [0.4, 0.5) is 0 Å². The van der Waals surface area contributed by atoms with Crippen LogP contribution >= 0.6 is 11.3 Å². The van der Waals surface area contributed by atoms with Gasteiger partial charge in [0.05, 0.1) is 13.7 Å². The molecule has 0 fully saturated rings. The molecule has 0 spiro atoms. The fourth-order valence-electron chi connectivity index (χ4n) is 2.81. The van der Waals surface area contributed by atoms with Gasteiger partial charge in [0, 0.05) is 30.1 Å². The molecule has 1 amide bonds. The summed E-state index contributed by atoms with van der Waals surface area (Å²) in [5.41, 5.74) is 0.333. The number of hydrogen-bond acceptors (Lipinski definition) is 5. The van der Waals surface area contributed by atoms with Crippen LogP contribution in [0.2, 0.25) is 0 Å². The maximum atomic E-state index is 13.0. The molecular formula is C19H26N2O4S2. The van der Waals surface area contributed by atoms with Gasteiger partial charge >= 0.3 is 0 Å². The van der Waals surface area contributed by atoms with E-state index in [1.807, 2.05) is 24.4 Å². The Morgan fingerprint density at radius 2 is 1.81 bits per heavy atom. The Morgan fingerprint density at radius 3 is 2.33 bits per heavy atom. The van der Waals surface area contributed by atoms with Crippen molar-refractivity contribution in [1.29, 1.82) is 0 Å². The van der Waals surface area contributed by atoms with Crippen molar-refractivity contribution in [3.05, 3.63) is 46.2 Å². The summed E-state index contributed by atoms with van der Waals surface area (Å²) in [6.45, 7) is 7.19. The van der Waals surface area contributed by atoms with Gasteiger partial charge in [0.15, 0.2) is 0 Å². The Morgan fingerprint density at radius 1 is 1.11 bits per heavy atom. The largest absolute Gasteiger partial charge is 0.495 e. The number of amides is 1. The average Bonchev–Trinajstić information content (AvgIpc) is 3.19. The van der Waals surface area contributed by atoms with Crippen molar-refractivity contribution in [2.75, 3.05) is 26.7 Å². The second-order valence-electron chi connectivity index (χ2n) is 5.85. The molecule has 0 saturated heterocycles. The van der Waals surface area contributed by atoms with Crippen molar-refractivity contribution >= 4 is 27.3 Å². The monoisotopic (exact) mass is 410 g/mol. The number of carbonyl (C=O) groups excluding carboxylic acids is 1. The average molecular weight is 411 g/mol. The summed E-state index contributed by atoms with van der Waals surface area (Å²) in [4.78, 5) is 15.8. The van der Waals surface area contributed by atoms with Crippen LogP contribution in [0.5, 0.6) is 5.75 Å². The molecule has 148 valence electrons. The third-order valence-electron chi connectivity index (χ3n) is 4.33. The van der Waals surface area contributed by atoms with Crippen LogP contribution in [0.25, 0.3) is 0 Å². The molecule has 0 aliphatic heterocycles. The Kier molecular flexibility index (Phi) is 7.41. The van der Waals surface area contributed by atoms with Crippen molar-refractivity contribution in [1.82, 2.24) is 9.21 Å². The summed E-state index contributed by atoms with van der Waals surface area (Å²) in [6, 6.07) is 8.50. The molecule has 0 radical (unpaired) electrons. The summed E-state index contributed by atoms with van der Waals surface area (Å²) >= 11 is 1.59. The van der Waals surface area contributed by atoms with Crippen molar-refractivity contribution in [3.63, 3.8) is 0 Å². The van der Waals surface area contributed by atoms with Crippen LogP contribution < -0.4 is 4.74 Å². The van der Waals surface area contributed by atoms with E-state index in [0.717, 1.165) is 4.88 Å². The number of thiophene rings is 1. The summed E-state index contributed by atoms with van der Waals surface area (Å²) in [5.74, 6) is 0.0318. The number of rotatable bonds is 9. The highest BCUT2D eigenvalue weighted by Crippen LogP contribution is 2.28. The molecule has 2 aromatic rings. The fraction of sp³-hybridized carbons (Fsp3) is 0.421. The maximum absolute atomic E-state index is 13.0. The lowest BCUT2D eigenvalue weighted by molar-refractivity contribution is 0.0754. The topological polar surface area (TPSA) is 66.9 Å². The predicted molar refractivity (Wildman–Crippen MR) is 108 cm³/mol. The standard InChI is InChI=1S/C19H26N2O4S2/c1-5-20(14-16-9-8-12-26-16)19(22)15-10-11-17(25-4)18(13-15)27(23,24)21(6-2)7-3/h8-13H,5-7,14H2,1-4H3. The maximum Gasteiger partial charge on any atom is 0.254 e. The molecule has 0 aliphatic carbocycles. The van der Waals surface area contributed by atoms with E-state index in [2.05, 4.69) is 0 Å². The molecule has 0 N–H and O–H groups in total. The minimum absolute atomic E-state index is 0.0201. The quantitative estimate of drug-likeness (QED) is 0.635. The fourth-order valence-corrected chi connectivity index (χ4v) is 5.17. The molecule has 0 atom stereocenters. The van der Waals surface area contributed by atoms with Crippen LogP contribution in [0.15, 0.2) is 40.6 Å². The Bertz CT molecular complexity index is 860. The van der Waals surface area contributed by atoms with Gasteiger partial charge in [-0.15, -0.1) is 11.3 Å². The first-order chi connectivity index (χ1) is 12.9. The minimum atomic E-state index is -3.74. The number of hydrogen-bond donors (Lipinski definition) is 0. The number of methoxy groups -OCH3 is 1. The number of sulfonamides is 1. The lowest BCUT2D eigenvalue weighted by Crippen LogP contribution is -2.32. The second-order valence-corrected chi connectivity index (χ2v) is 8.79. The van der Waals surface area contributed by atoms with Crippen LogP contribution in [0.3, 0.4) is 0 Å². The van der Waals surface area contributed by atoms with Gasteiger partial charge in [-0.3, -0.25) is 4.79 Å². The minimum Gasteiger partial charge on any atom is -0.495 e. The van der Waals surface area contributed by atoms with Gasteiger partial charge < -0.3 is 9.64 Å². The Hall–Kier alpha value is -1.90. The molecule has 1 aromatic carbocycles. The molecule has 6 nitrogen and oxygen atoms in total. The molecule has 1 heterocycles. The highest BCUT2D eigenvalue weighted by molar-refractivity contribution is 7.89. The molecule has 0 bridgehead atoms. The lowest BCUT2D eigenvalue weighted by atomic mass is 10.2. The van der Waals surface area contributed by atoms with Crippen molar-refractivity contribution in [2.45, 2.75) is 32.2 Å². The van der Waals surface area contributed by atoms with E-state index in [0.29, 0.717) is 31.7 Å². The Labute approximate surface area is 165 Å². The second kappa shape index (κ2) is 9.34. The summed E-state index contributed by atoms with van der Waals surface area (Å²) in [5, 5.41) is 1.97. The van der Waals surface area contributed by atoms with Crippen LogP contribution in [-0.4, -0.2) is 50.3 Å². The number of carbonyl (C=O) groups is 1. The zero-order valence-electron chi connectivity index (χ0n) is 16.1. The number of benzene rings is 1. The van der Waals surface area contributed by atoms with E-state index in [-0.39, 0.29) is 16.6 Å². The number of nitrogens with zero attached hydrogens (tertiary/aromatic N) is 2. The van der Waals surface area contributed by atoms with Crippen molar-refractivity contribution in [3.8, 4) is 5.75 Å². The van der Waals surface area contributed by atoms with Crippen molar-refractivity contribution in [2.24, 2.45) is 0 Å². The SMILES string of the molecule is CCN(Cc1cccs1)C(=O)c1ccc(OC)c(S(=O)(=O)N(CC)CC)c1. The predicted octanol–water partition coefficient (Wildman–Crippen LogP) is 3.45. The zero-order valence-corrected chi connectivity index (χ0v) is 17.8. The van der Waals surface area contributed by atoms with Crippen LogP contribution in [0.1, 0.15) is 36.0 Å². The van der Waals surface area contributed by atoms with Crippen LogP contribution in [0, 0.1) is 0 Å². The molecule has 0 saturated carbocycles. The lowest BCUT2D eigenvalue weighted by Gasteiger charge is -2.23. The molecular weight excluding hydrogens is 384 g/mol. The van der Waals surface area contributed by atoms with Gasteiger partial charge in [-0.05, 0) is 36.6 Å². The van der Waals surface area contributed by atoms with E-state index < -0.39 is 10.0 Å². The molecule has 0 unspecified atom stereocenters. The van der Waals surface area contributed by atoms with E-state index in [4.69, 9.17) is 4.74 Å². The molecule has 2 rings (SSSR count). The molecule has 0 aliphatic rings. The first-order valence-corrected chi connectivity index (χ1v) is 11.2. The van der Waals surface area contributed by atoms with Gasteiger partial charge in [0.25, 0.3) is 5.91 Å². The van der Waals surface area contributed by atoms with Gasteiger partial charge in [-0.1, -0.05) is 19.9 Å². The third-order valence-corrected chi connectivity index (χ3v) is 7.26. The van der Waals surface area contributed by atoms with Crippen LogP contribution in [-0.2, 0) is 16.6 Å². The third kappa shape index (κ3) is 4.69. The summed E-state index contributed by atoms with van der Waals surface area (Å²) in [6.07, 6.45) is 0. The van der Waals surface area contributed by atoms with E-state index in [9.17, 15) is 13.2 Å². The van der Waals surface area contributed by atoms with E-state index in [1.54, 1.807) is 42.2 Å². The van der Waals surface area contributed by atoms with Gasteiger partial charge in [-0.2, -0.15) is 4.31 Å². The van der Waals surface area contributed by atoms with Gasteiger partial charge in [0.2, 0.25) is 10.0 Å². The first kappa shape index (κ1) is 21.4.